The van der Waals surface area contributed by atoms with E-state index >= 15 is 0 Å². The average Bonchev–Trinajstić information content (AvgIpc) is 2.73. The van der Waals surface area contributed by atoms with Crippen LogP contribution in [0.2, 0.25) is 10.0 Å². The first-order valence-electron chi connectivity index (χ1n) is 5.61. The molecule has 19 heavy (non-hydrogen) atoms. The topological polar surface area (TPSA) is 56.7 Å². The first kappa shape index (κ1) is 12.3. The predicted octanol–water partition coefficient (Wildman–Crippen LogP) is 3.52. The van der Waals surface area contributed by atoms with Crippen molar-refractivity contribution < 1.29 is 0 Å². The highest BCUT2D eigenvalue weighted by atomic mass is 35.5. The second-order valence-corrected chi connectivity index (χ2v) is 4.97. The maximum Gasteiger partial charge on any atom is 0.178 e. The van der Waals surface area contributed by atoms with Crippen LogP contribution in [-0.2, 0) is 7.05 Å². The first-order chi connectivity index (χ1) is 9.09. The molecule has 2 N–H and O–H groups in total. The smallest absolute Gasteiger partial charge is 0.178 e. The van der Waals surface area contributed by atoms with Gasteiger partial charge in [-0.25, -0.2) is 9.97 Å². The Bertz CT molecular complexity index is 780. The molecule has 3 aromatic rings. The molecular weight excluding hydrogens is 283 g/mol. The third kappa shape index (κ3) is 1.84. The Balaban J connectivity index is 2.37. The van der Waals surface area contributed by atoms with Gasteiger partial charge in [0.05, 0.1) is 26.8 Å². The van der Waals surface area contributed by atoms with Crippen molar-refractivity contribution in [2.75, 3.05) is 5.73 Å². The zero-order valence-corrected chi connectivity index (χ0v) is 11.6. The molecule has 2 aromatic heterocycles. The number of hydrogen-bond donors (Lipinski definition) is 1. The van der Waals surface area contributed by atoms with Crippen LogP contribution >= 0.6 is 23.2 Å². The summed E-state index contributed by atoms with van der Waals surface area (Å²) in [4.78, 5) is 8.70. The third-order valence-electron chi connectivity index (χ3n) is 3.02. The Labute approximate surface area is 119 Å². The molecule has 0 saturated carbocycles. The molecular formula is C13H10Cl2N4. The number of hydrogen-bond acceptors (Lipinski definition) is 3. The van der Waals surface area contributed by atoms with E-state index in [1.165, 1.54) is 0 Å². The van der Waals surface area contributed by atoms with Gasteiger partial charge in [0.25, 0.3) is 0 Å². The fraction of sp³-hybridized carbons (Fsp3) is 0.0769. The summed E-state index contributed by atoms with van der Waals surface area (Å²) in [7, 11) is 1.89. The van der Waals surface area contributed by atoms with Crippen LogP contribution in [0.3, 0.4) is 0 Å². The van der Waals surface area contributed by atoms with Gasteiger partial charge in [-0.15, -0.1) is 0 Å². The van der Waals surface area contributed by atoms with E-state index in [9.17, 15) is 0 Å². The molecule has 2 heterocycles. The fourth-order valence-electron chi connectivity index (χ4n) is 2.04. The minimum absolute atomic E-state index is 0.424. The molecule has 96 valence electrons. The maximum atomic E-state index is 6.22. The quantitative estimate of drug-likeness (QED) is 0.698. The first-order valence-corrected chi connectivity index (χ1v) is 6.36. The van der Waals surface area contributed by atoms with Crippen molar-refractivity contribution in [3.63, 3.8) is 0 Å². The van der Waals surface area contributed by atoms with E-state index in [-0.39, 0.29) is 0 Å². The van der Waals surface area contributed by atoms with E-state index in [0.29, 0.717) is 32.8 Å². The zero-order chi connectivity index (χ0) is 13.6. The Morgan fingerprint density at radius 3 is 2.63 bits per heavy atom. The van der Waals surface area contributed by atoms with Crippen LogP contribution in [0.4, 0.5) is 5.69 Å². The second-order valence-electron chi connectivity index (χ2n) is 4.16. The number of fused-ring (bicyclic) bond motifs is 1. The molecule has 0 spiro atoms. The van der Waals surface area contributed by atoms with E-state index in [2.05, 4.69) is 9.97 Å². The van der Waals surface area contributed by atoms with E-state index in [4.69, 9.17) is 28.9 Å². The Morgan fingerprint density at radius 2 is 1.89 bits per heavy atom. The van der Waals surface area contributed by atoms with Crippen molar-refractivity contribution in [2.24, 2.45) is 7.05 Å². The normalized spacial score (nSPS) is 11.1. The van der Waals surface area contributed by atoms with Crippen LogP contribution in [0, 0.1) is 0 Å². The molecule has 0 atom stereocenters. The summed E-state index contributed by atoms with van der Waals surface area (Å²) >= 11 is 12.3. The average molecular weight is 293 g/mol. The van der Waals surface area contributed by atoms with E-state index in [0.717, 1.165) is 5.52 Å². The van der Waals surface area contributed by atoms with E-state index < -0.39 is 0 Å². The summed E-state index contributed by atoms with van der Waals surface area (Å²) in [5.74, 6) is 0.652. The van der Waals surface area contributed by atoms with Crippen molar-refractivity contribution >= 4 is 40.1 Å². The van der Waals surface area contributed by atoms with Crippen LogP contribution in [0.25, 0.3) is 22.6 Å². The van der Waals surface area contributed by atoms with E-state index in [1.807, 2.05) is 23.7 Å². The number of anilines is 1. The lowest BCUT2D eigenvalue weighted by molar-refractivity contribution is 0.960. The summed E-state index contributed by atoms with van der Waals surface area (Å²) in [5, 5.41) is 0.972. The molecule has 0 saturated heterocycles. The number of benzene rings is 1. The van der Waals surface area contributed by atoms with Gasteiger partial charge in [0.15, 0.2) is 5.65 Å². The lowest BCUT2D eigenvalue weighted by atomic mass is 10.1. The Morgan fingerprint density at radius 1 is 1.16 bits per heavy atom. The molecule has 4 nitrogen and oxygen atoms in total. The standard InChI is InChI=1S/C13H10Cl2N4/c1-19-9-3-2-6-17-12(9)18-13(19)10-7(14)4-5-8(15)11(10)16/h2-6H,16H2,1H3. The van der Waals surface area contributed by atoms with Gasteiger partial charge in [0.2, 0.25) is 0 Å². The number of nitrogen functional groups attached to an aromatic ring is 1. The highest BCUT2D eigenvalue weighted by molar-refractivity contribution is 6.37. The van der Waals surface area contributed by atoms with Crippen molar-refractivity contribution in [1.29, 1.82) is 0 Å². The summed E-state index contributed by atoms with van der Waals surface area (Å²) in [6.07, 6.45) is 1.70. The van der Waals surface area contributed by atoms with Gasteiger partial charge in [-0.3, -0.25) is 0 Å². The summed E-state index contributed by atoms with van der Waals surface area (Å²) in [6, 6.07) is 7.18. The molecule has 0 aliphatic rings. The van der Waals surface area contributed by atoms with Gasteiger partial charge in [0, 0.05) is 13.2 Å². The number of aromatic nitrogens is 3. The van der Waals surface area contributed by atoms with Gasteiger partial charge in [-0.05, 0) is 24.3 Å². The van der Waals surface area contributed by atoms with Gasteiger partial charge in [-0.2, -0.15) is 0 Å². The molecule has 1 aromatic carbocycles. The van der Waals surface area contributed by atoms with Gasteiger partial charge in [-0.1, -0.05) is 23.2 Å². The van der Waals surface area contributed by atoms with E-state index in [1.54, 1.807) is 18.3 Å². The molecule has 3 rings (SSSR count). The fourth-order valence-corrected chi connectivity index (χ4v) is 2.45. The number of pyridine rings is 1. The summed E-state index contributed by atoms with van der Waals surface area (Å²) in [5.41, 5.74) is 8.63. The number of aryl methyl sites for hydroxylation is 1. The molecule has 6 heteroatoms. The van der Waals surface area contributed by atoms with Crippen molar-refractivity contribution in [3.05, 3.63) is 40.5 Å². The molecule has 0 radical (unpaired) electrons. The predicted molar refractivity (Wildman–Crippen MR) is 78.4 cm³/mol. The van der Waals surface area contributed by atoms with Gasteiger partial charge in [0.1, 0.15) is 5.82 Å². The number of halogens is 2. The lowest BCUT2D eigenvalue weighted by Crippen LogP contribution is -1.98. The molecule has 0 aliphatic carbocycles. The lowest BCUT2D eigenvalue weighted by Gasteiger charge is -2.09. The van der Waals surface area contributed by atoms with Crippen LogP contribution in [0.1, 0.15) is 0 Å². The number of nitrogens with two attached hydrogens (primary N) is 1. The van der Waals surface area contributed by atoms with Crippen LogP contribution in [0.15, 0.2) is 30.5 Å². The third-order valence-corrected chi connectivity index (χ3v) is 3.67. The minimum Gasteiger partial charge on any atom is -0.397 e. The SMILES string of the molecule is Cn1c(-c2c(Cl)ccc(Cl)c2N)nc2ncccc21. The Kier molecular flexibility index (Phi) is 2.84. The van der Waals surface area contributed by atoms with Crippen molar-refractivity contribution in [2.45, 2.75) is 0 Å². The summed E-state index contributed by atoms with van der Waals surface area (Å²) < 4.78 is 1.90. The Hall–Kier alpha value is -1.78. The molecule has 0 amide bonds. The van der Waals surface area contributed by atoms with Crippen molar-refractivity contribution in [1.82, 2.24) is 14.5 Å². The molecule has 0 unspecified atom stereocenters. The monoisotopic (exact) mass is 292 g/mol. The van der Waals surface area contributed by atoms with Crippen LogP contribution in [0.5, 0.6) is 0 Å². The van der Waals surface area contributed by atoms with Crippen molar-refractivity contribution in [3.8, 4) is 11.4 Å². The summed E-state index contributed by atoms with van der Waals surface area (Å²) in [6.45, 7) is 0. The van der Waals surface area contributed by atoms with Gasteiger partial charge < -0.3 is 10.3 Å². The highest BCUT2D eigenvalue weighted by Gasteiger charge is 2.17. The zero-order valence-electron chi connectivity index (χ0n) is 10.1. The molecule has 0 bridgehead atoms. The number of rotatable bonds is 1. The molecule has 0 fully saturated rings. The number of nitrogens with zero attached hydrogens (tertiary/aromatic N) is 3. The highest BCUT2D eigenvalue weighted by Crippen LogP contribution is 2.37. The molecule has 0 aliphatic heterocycles. The van der Waals surface area contributed by atoms with Crippen LogP contribution in [-0.4, -0.2) is 14.5 Å². The largest absolute Gasteiger partial charge is 0.397 e. The van der Waals surface area contributed by atoms with Crippen LogP contribution < -0.4 is 5.73 Å². The number of imidazole rings is 1. The van der Waals surface area contributed by atoms with Gasteiger partial charge >= 0.3 is 0 Å². The maximum absolute atomic E-state index is 6.22. The second kappa shape index (κ2) is 4.40. The minimum atomic E-state index is 0.424.